The summed E-state index contributed by atoms with van der Waals surface area (Å²) in [6.45, 7) is 2.97. The van der Waals surface area contributed by atoms with Gasteiger partial charge in [0.15, 0.2) is 6.10 Å². The molecule has 0 aromatic heterocycles. The van der Waals surface area contributed by atoms with Crippen LogP contribution in [-0.2, 0) is 19.1 Å². The lowest BCUT2D eigenvalue weighted by molar-refractivity contribution is -0.161. The van der Waals surface area contributed by atoms with Crippen molar-refractivity contribution in [3.8, 4) is 5.75 Å². The second-order valence-electron chi connectivity index (χ2n) is 7.51. The van der Waals surface area contributed by atoms with E-state index in [4.69, 9.17) is 14.2 Å². The minimum absolute atomic E-state index is 0.0496. The van der Waals surface area contributed by atoms with Crippen molar-refractivity contribution in [2.75, 3.05) is 35.4 Å². The molecular weight excluding hydrogens is 472 g/mol. The molecule has 0 aliphatic heterocycles. The van der Waals surface area contributed by atoms with Crippen LogP contribution in [0.2, 0.25) is 0 Å². The van der Waals surface area contributed by atoms with E-state index in [9.17, 15) is 19.5 Å². The number of aliphatic hydroxyl groups is 1. The van der Waals surface area contributed by atoms with Crippen molar-refractivity contribution in [1.29, 1.82) is 0 Å². The van der Waals surface area contributed by atoms with Gasteiger partial charge < -0.3 is 24.6 Å². The Hall–Kier alpha value is -3.24. The molecule has 0 bridgehead atoms. The lowest BCUT2D eigenvalue weighted by Gasteiger charge is -2.19. The van der Waals surface area contributed by atoms with Crippen molar-refractivity contribution >= 4 is 41.1 Å². The first-order chi connectivity index (χ1) is 16.9. The van der Waals surface area contributed by atoms with Gasteiger partial charge in [-0.3, -0.25) is 10.1 Å². The highest BCUT2D eigenvalue weighted by Crippen LogP contribution is 2.17. The molecule has 0 heterocycles. The number of ether oxygens (including phenoxy) is 3. The summed E-state index contributed by atoms with van der Waals surface area (Å²) in [5.41, 5.74) is 1.20. The van der Waals surface area contributed by atoms with Crippen LogP contribution in [0.4, 0.5) is 16.2 Å². The summed E-state index contributed by atoms with van der Waals surface area (Å²) in [5, 5.41) is 14.8. The van der Waals surface area contributed by atoms with E-state index in [2.05, 4.69) is 17.6 Å². The Balaban J connectivity index is 1.84. The van der Waals surface area contributed by atoms with Crippen LogP contribution in [0.1, 0.15) is 26.7 Å². The van der Waals surface area contributed by atoms with E-state index in [1.807, 2.05) is 6.07 Å². The Morgan fingerprint density at radius 2 is 1.66 bits per heavy atom. The molecule has 9 nitrogen and oxygen atoms in total. The first-order valence-corrected chi connectivity index (χ1v) is 12.5. The Morgan fingerprint density at radius 3 is 2.31 bits per heavy atom. The van der Waals surface area contributed by atoms with Gasteiger partial charge in [-0.1, -0.05) is 25.1 Å². The monoisotopic (exact) mass is 504 g/mol. The van der Waals surface area contributed by atoms with E-state index in [1.54, 1.807) is 60.3 Å². The second kappa shape index (κ2) is 15.6. The predicted octanol–water partition coefficient (Wildman–Crippen LogP) is 4.08. The fourth-order valence-corrected chi connectivity index (χ4v) is 3.39. The molecule has 2 aromatic carbocycles. The number of hydrogen-bond donors (Lipinski definition) is 3. The number of aliphatic hydroxyl groups excluding tert-OH is 1. The molecule has 2 unspecified atom stereocenters. The number of carbonyl (C=O) groups is 3. The maximum Gasteiger partial charge on any atom is 0.411 e. The first-order valence-electron chi connectivity index (χ1n) is 11.3. The average Bonchev–Trinajstić information content (AvgIpc) is 2.85. The third-order valence-electron chi connectivity index (χ3n) is 4.52. The lowest BCUT2D eigenvalue weighted by atomic mass is 10.2. The number of para-hydroxylation sites is 1. The average molecular weight is 505 g/mol. The Morgan fingerprint density at radius 1 is 0.971 bits per heavy atom. The van der Waals surface area contributed by atoms with Gasteiger partial charge in [0.2, 0.25) is 5.91 Å². The smallest absolute Gasteiger partial charge is 0.411 e. The normalized spacial score (nSPS) is 12.2. The number of carbonyl (C=O) groups excluding carboxylic acids is 3. The zero-order chi connectivity index (χ0) is 25.5. The van der Waals surface area contributed by atoms with E-state index in [1.165, 1.54) is 6.92 Å². The van der Waals surface area contributed by atoms with Gasteiger partial charge in [-0.2, -0.15) is 11.8 Å². The van der Waals surface area contributed by atoms with Crippen molar-refractivity contribution < 1.29 is 33.7 Å². The third-order valence-corrected chi connectivity index (χ3v) is 5.50. The number of rotatable bonds is 14. The van der Waals surface area contributed by atoms with E-state index in [0.29, 0.717) is 23.5 Å². The van der Waals surface area contributed by atoms with E-state index in [0.717, 1.165) is 17.9 Å². The van der Waals surface area contributed by atoms with Crippen LogP contribution >= 0.6 is 11.8 Å². The Kier molecular flexibility index (Phi) is 12.5. The second-order valence-corrected chi connectivity index (χ2v) is 8.90. The van der Waals surface area contributed by atoms with Crippen LogP contribution in [0.5, 0.6) is 5.75 Å². The Labute approximate surface area is 209 Å². The summed E-state index contributed by atoms with van der Waals surface area (Å²) < 4.78 is 16.0. The zero-order valence-electron chi connectivity index (χ0n) is 19.9. The molecule has 10 heteroatoms. The fraction of sp³-hybridized carbons (Fsp3) is 0.400. The summed E-state index contributed by atoms with van der Waals surface area (Å²) >= 11 is 1.80. The quantitative estimate of drug-likeness (QED) is 0.260. The van der Waals surface area contributed by atoms with Gasteiger partial charge in [-0.15, -0.1) is 0 Å². The standard InChI is InChI=1S/C25H32N2O7S/c1-3-35-15-7-10-23(29)26-20-11-13-21(14-12-20)32-16-22(34-24(30)18(2)28)17-33-25(31)27-19-8-5-4-6-9-19/h4-6,8-9,11-14,18,22,28H,3,7,10,15-17H2,1-2H3,(H,26,29)(H,27,31). The van der Waals surface area contributed by atoms with Crippen LogP contribution in [0, 0.1) is 0 Å². The van der Waals surface area contributed by atoms with Crippen molar-refractivity contribution in [3.63, 3.8) is 0 Å². The molecule has 0 radical (unpaired) electrons. The van der Waals surface area contributed by atoms with Crippen molar-refractivity contribution in [2.45, 2.75) is 38.9 Å². The van der Waals surface area contributed by atoms with Crippen LogP contribution in [-0.4, -0.2) is 60.0 Å². The molecule has 190 valence electrons. The number of amides is 2. The fourth-order valence-electron chi connectivity index (χ4n) is 2.75. The number of anilines is 2. The van der Waals surface area contributed by atoms with Gasteiger partial charge in [-0.05, 0) is 61.2 Å². The van der Waals surface area contributed by atoms with Gasteiger partial charge in [0.05, 0.1) is 0 Å². The molecule has 0 fully saturated rings. The minimum Gasteiger partial charge on any atom is -0.490 e. The molecule has 35 heavy (non-hydrogen) atoms. The molecular formula is C25H32N2O7S. The molecule has 0 aliphatic rings. The Bertz CT molecular complexity index is 923. The number of hydrogen-bond acceptors (Lipinski definition) is 8. The van der Waals surface area contributed by atoms with Gasteiger partial charge >= 0.3 is 12.1 Å². The molecule has 0 aliphatic carbocycles. The summed E-state index contributed by atoms with van der Waals surface area (Å²) in [4.78, 5) is 35.9. The predicted molar refractivity (Wildman–Crippen MR) is 136 cm³/mol. The molecule has 2 amide bonds. The van der Waals surface area contributed by atoms with Crippen LogP contribution in [0.3, 0.4) is 0 Å². The van der Waals surface area contributed by atoms with Gasteiger partial charge in [-0.25, -0.2) is 9.59 Å². The lowest BCUT2D eigenvalue weighted by Crippen LogP contribution is -2.34. The van der Waals surface area contributed by atoms with Gasteiger partial charge in [0.1, 0.15) is 25.1 Å². The summed E-state index contributed by atoms with van der Waals surface area (Å²) in [7, 11) is 0. The van der Waals surface area contributed by atoms with Crippen molar-refractivity contribution in [1.82, 2.24) is 0 Å². The number of esters is 1. The summed E-state index contributed by atoms with van der Waals surface area (Å²) in [6, 6.07) is 15.5. The van der Waals surface area contributed by atoms with Crippen molar-refractivity contribution in [3.05, 3.63) is 54.6 Å². The van der Waals surface area contributed by atoms with Crippen LogP contribution < -0.4 is 15.4 Å². The van der Waals surface area contributed by atoms with Gasteiger partial charge in [0, 0.05) is 17.8 Å². The molecule has 0 saturated heterocycles. The van der Waals surface area contributed by atoms with Gasteiger partial charge in [0.25, 0.3) is 0 Å². The minimum atomic E-state index is -1.33. The molecule has 2 aromatic rings. The molecule has 0 saturated carbocycles. The van der Waals surface area contributed by atoms with E-state index < -0.39 is 24.3 Å². The van der Waals surface area contributed by atoms with Crippen LogP contribution in [0.25, 0.3) is 0 Å². The summed E-state index contributed by atoms with van der Waals surface area (Å²) in [5.74, 6) is 1.55. The molecule has 3 N–H and O–H groups in total. The highest BCUT2D eigenvalue weighted by Gasteiger charge is 2.21. The zero-order valence-corrected chi connectivity index (χ0v) is 20.7. The molecule has 2 rings (SSSR count). The first kappa shape index (κ1) is 28.0. The molecule has 2 atom stereocenters. The molecule has 0 spiro atoms. The highest BCUT2D eigenvalue weighted by molar-refractivity contribution is 7.99. The van der Waals surface area contributed by atoms with E-state index >= 15 is 0 Å². The largest absolute Gasteiger partial charge is 0.490 e. The summed E-state index contributed by atoms with van der Waals surface area (Å²) in [6.07, 6.45) is -1.72. The maximum absolute atomic E-state index is 12.0. The van der Waals surface area contributed by atoms with E-state index in [-0.39, 0.29) is 19.1 Å². The number of thioether (sulfide) groups is 1. The number of nitrogens with one attached hydrogen (secondary N) is 2. The highest BCUT2D eigenvalue weighted by atomic mass is 32.2. The SMILES string of the molecule is CCSCCCC(=O)Nc1ccc(OCC(COC(=O)Nc2ccccc2)OC(=O)C(C)O)cc1. The topological polar surface area (TPSA) is 123 Å². The van der Waals surface area contributed by atoms with Crippen LogP contribution in [0.15, 0.2) is 54.6 Å². The third kappa shape index (κ3) is 11.6. The van der Waals surface area contributed by atoms with Crippen molar-refractivity contribution in [2.24, 2.45) is 0 Å². The number of benzene rings is 2. The maximum atomic E-state index is 12.0.